The first-order valence-electron chi connectivity index (χ1n) is 9.86. The first kappa shape index (κ1) is 19.9. The molecule has 1 aliphatic heterocycles. The molecule has 1 fully saturated rings. The van der Waals surface area contributed by atoms with Crippen LogP contribution in [0.5, 0.6) is 11.5 Å². The zero-order valence-corrected chi connectivity index (χ0v) is 18.3. The Labute approximate surface area is 175 Å². The Bertz CT molecular complexity index is 1040. The summed E-state index contributed by atoms with van der Waals surface area (Å²) in [5, 5.41) is 36.3. The minimum absolute atomic E-state index is 0.0383. The summed E-state index contributed by atoms with van der Waals surface area (Å²) in [6.45, 7) is 8.93. The van der Waals surface area contributed by atoms with E-state index in [0.717, 1.165) is 23.4 Å². The van der Waals surface area contributed by atoms with Gasteiger partial charge in [-0.15, -0.1) is 10.2 Å². The van der Waals surface area contributed by atoms with Crippen molar-refractivity contribution in [1.82, 2.24) is 15.5 Å². The number of hydrogen-bond acceptors (Lipinski definition) is 7. The first-order valence-corrected chi connectivity index (χ1v) is 10.7. The zero-order valence-electron chi connectivity index (χ0n) is 17.5. The van der Waals surface area contributed by atoms with E-state index >= 15 is 0 Å². The van der Waals surface area contributed by atoms with Gasteiger partial charge in [0.25, 0.3) is 0 Å². The second-order valence-corrected chi connectivity index (χ2v) is 10.3. The number of phenolic OH excluding ortho intramolecular Hbond substituents is 2. The van der Waals surface area contributed by atoms with Gasteiger partial charge in [-0.3, -0.25) is 0 Å². The zero-order chi connectivity index (χ0) is 21.0. The lowest BCUT2D eigenvalue weighted by Gasteiger charge is -2.48. The van der Waals surface area contributed by atoms with E-state index < -0.39 is 0 Å². The van der Waals surface area contributed by atoms with Gasteiger partial charge < -0.3 is 20.4 Å². The van der Waals surface area contributed by atoms with Crippen molar-refractivity contribution in [1.29, 1.82) is 0 Å². The molecule has 0 spiro atoms. The Morgan fingerprint density at radius 2 is 1.69 bits per heavy atom. The molecule has 0 aliphatic carbocycles. The average molecular weight is 413 g/mol. The minimum atomic E-state index is -0.154. The quantitative estimate of drug-likeness (QED) is 0.549. The molecule has 0 bridgehead atoms. The second-order valence-electron chi connectivity index (χ2n) is 9.30. The van der Waals surface area contributed by atoms with Gasteiger partial charge >= 0.3 is 0 Å². The van der Waals surface area contributed by atoms with E-state index in [0.29, 0.717) is 22.0 Å². The first-order chi connectivity index (χ1) is 13.6. The third-order valence-corrected chi connectivity index (χ3v) is 6.71. The van der Waals surface area contributed by atoms with Gasteiger partial charge in [0.15, 0.2) is 16.5 Å². The van der Waals surface area contributed by atoms with Crippen molar-refractivity contribution in [2.75, 3.05) is 11.9 Å². The number of benzene rings is 2. The molecule has 2 heterocycles. The van der Waals surface area contributed by atoms with Crippen molar-refractivity contribution in [3.63, 3.8) is 0 Å². The van der Waals surface area contributed by atoms with Crippen LogP contribution in [-0.2, 0) is 0 Å². The summed E-state index contributed by atoms with van der Waals surface area (Å²) in [6, 6.07) is 9.62. The third-order valence-electron chi connectivity index (χ3n) is 5.66. The van der Waals surface area contributed by atoms with Gasteiger partial charge in [-0.25, -0.2) is 0 Å². The molecule has 154 valence electrons. The molecule has 0 radical (unpaired) electrons. The fourth-order valence-electron chi connectivity index (χ4n) is 4.65. The summed E-state index contributed by atoms with van der Waals surface area (Å²) in [6.07, 6.45) is 2.01. The Morgan fingerprint density at radius 3 is 2.38 bits per heavy atom. The predicted octanol–water partition coefficient (Wildman–Crippen LogP) is 4.51. The van der Waals surface area contributed by atoms with Gasteiger partial charge in [0, 0.05) is 29.6 Å². The summed E-state index contributed by atoms with van der Waals surface area (Å²) in [7, 11) is 2.06. The molecule has 0 atom stereocenters. The van der Waals surface area contributed by atoms with Gasteiger partial charge in [-0.1, -0.05) is 35.6 Å². The lowest BCUT2D eigenvalue weighted by molar-refractivity contribution is 0.161. The Kier molecular flexibility index (Phi) is 4.70. The maximum absolute atomic E-state index is 10.5. The van der Waals surface area contributed by atoms with Gasteiger partial charge in [0.1, 0.15) is 0 Å². The van der Waals surface area contributed by atoms with Crippen LogP contribution in [-0.4, -0.2) is 44.6 Å². The smallest absolute Gasteiger partial charge is 0.208 e. The number of anilines is 1. The fraction of sp³-hybridized carbons (Fsp3) is 0.455. The van der Waals surface area contributed by atoms with Crippen LogP contribution in [0, 0.1) is 0 Å². The van der Waals surface area contributed by atoms with Crippen LogP contribution in [0.25, 0.3) is 21.3 Å². The number of hydrogen-bond donors (Lipinski definition) is 3. The van der Waals surface area contributed by atoms with E-state index in [9.17, 15) is 10.2 Å². The molecule has 3 aromatic rings. The number of phenols is 2. The molecular formula is C22H28N4O2S. The Balaban J connectivity index is 1.67. The summed E-state index contributed by atoms with van der Waals surface area (Å²) >= 11 is 1.43. The molecule has 0 unspecified atom stereocenters. The normalized spacial score (nSPS) is 18.8. The summed E-state index contributed by atoms with van der Waals surface area (Å²) in [4.78, 5) is 2.20. The maximum atomic E-state index is 10.5. The summed E-state index contributed by atoms with van der Waals surface area (Å²) < 4.78 is 0. The van der Waals surface area contributed by atoms with Crippen LogP contribution in [0.1, 0.15) is 40.5 Å². The molecule has 1 aromatic heterocycles. The SMILES string of the molecule is CN(c1nnc(-c2cc3ccccc3c(O)c2O)s1)C1CC(C)(C)NC(C)(C)C1. The molecule has 1 aliphatic rings. The maximum Gasteiger partial charge on any atom is 0.208 e. The van der Waals surface area contributed by atoms with Gasteiger partial charge in [0.05, 0.1) is 5.56 Å². The minimum Gasteiger partial charge on any atom is -0.504 e. The monoisotopic (exact) mass is 412 g/mol. The van der Waals surface area contributed by atoms with E-state index in [1.807, 2.05) is 24.3 Å². The van der Waals surface area contributed by atoms with Crippen LogP contribution in [0.4, 0.5) is 5.13 Å². The topological polar surface area (TPSA) is 81.5 Å². The van der Waals surface area contributed by atoms with Crippen molar-refractivity contribution in [3.05, 3.63) is 30.3 Å². The van der Waals surface area contributed by atoms with Crippen molar-refractivity contribution < 1.29 is 10.2 Å². The third kappa shape index (κ3) is 3.76. The standard InChI is InChI=1S/C22H28N4O2S/c1-21(2)11-14(12-22(3,4)25-21)26(5)20-24-23-19(29-20)16-10-13-8-6-7-9-15(13)17(27)18(16)28/h6-10,14,25,27-28H,11-12H2,1-5H3. The largest absolute Gasteiger partial charge is 0.504 e. The molecule has 3 N–H and O–H groups in total. The number of fused-ring (bicyclic) bond motifs is 1. The Morgan fingerprint density at radius 1 is 1.03 bits per heavy atom. The summed E-state index contributed by atoms with van der Waals surface area (Å²) in [5.41, 5.74) is 0.581. The Hall–Kier alpha value is -2.38. The van der Waals surface area contributed by atoms with Crippen molar-refractivity contribution in [2.24, 2.45) is 0 Å². The molecular weight excluding hydrogens is 384 g/mol. The molecule has 7 heteroatoms. The fourth-order valence-corrected chi connectivity index (χ4v) is 5.54. The molecule has 6 nitrogen and oxygen atoms in total. The lowest BCUT2D eigenvalue weighted by atomic mass is 9.79. The highest BCUT2D eigenvalue weighted by molar-refractivity contribution is 7.18. The number of rotatable bonds is 3. The second kappa shape index (κ2) is 6.85. The van der Waals surface area contributed by atoms with Crippen molar-refractivity contribution in [3.8, 4) is 22.1 Å². The number of piperidine rings is 1. The van der Waals surface area contributed by atoms with E-state index in [-0.39, 0.29) is 22.6 Å². The van der Waals surface area contributed by atoms with Gasteiger partial charge in [0.2, 0.25) is 5.13 Å². The highest BCUT2D eigenvalue weighted by Crippen LogP contribution is 2.44. The molecule has 1 saturated heterocycles. The summed E-state index contributed by atoms with van der Waals surface area (Å²) in [5.74, 6) is -0.275. The van der Waals surface area contributed by atoms with Crippen molar-refractivity contribution in [2.45, 2.75) is 57.7 Å². The van der Waals surface area contributed by atoms with Crippen LogP contribution in [0.2, 0.25) is 0 Å². The van der Waals surface area contributed by atoms with Crippen molar-refractivity contribution >= 4 is 27.2 Å². The molecule has 0 saturated carbocycles. The highest BCUT2D eigenvalue weighted by atomic mass is 32.1. The van der Waals surface area contributed by atoms with Crippen LogP contribution < -0.4 is 10.2 Å². The van der Waals surface area contributed by atoms with E-state index in [2.05, 4.69) is 55.2 Å². The average Bonchev–Trinajstić information content (AvgIpc) is 3.11. The predicted molar refractivity (Wildman–Crippen MR) is 119 cm³/mol. The van der Waals surface area contributed by atoms with Gasteiger partial charge in [-0.05, 0) is 52.0 Å². The molecule has 29 heavy (non-hydrogen) atoms. The number of aromatic nitrogens is 2. The highest BCUT2D eigenvalue weighted by Gasteiger charge is 2.39. The molecule has 4 rings (SSSR count). The van der Waals surface area contributed by atoms with Crippen LogP contribution in [0.3, 0.4) is 0 Å². The number of nitrogens with zero attached hydrogens (tertiary/aromatic N) is 3. The van der Waals surface area contributed by atoms with E-state index in [1.54, 1.807) is 6.07 Å². The lowest BCUT2D eigenvalue weighted by Crippen LogP contribution is -2.61. The van der Waals surface area contributed by atoms with Gasteiger partial charge in [-0.2, -0.15) is 0 Å². The van der Waals surface area contributed by atoms with Crippen LogP contribution >= 0.6 is 11.3 Å². The van der Waals surface area contributed by atoms with E-state index in [4.69, 9.17) is 0 Å². The molecule has 0 amide bonds. The number of aromatic hydroxyl groups is 2. The van der Waals surface area contributed by atoms with Crippen LogP contribution in [0.15, 0.2) is 30.3 Å². The number of nitrogens with one attached hydrogen (secondary N) is 1. The molecule has 2 aromatic carbocycles. The van der Waals surface area contributed by atoms with E-state index in [1.165, 1.54) is 11.3 Å².